The second-order valence-electron chi connectivity index (χ2n) is 13.1. The zero-order valence-electron chi connectivity index (χ0n) is 29.2. The third-order valence-electron chi connectivity index (χ3n) is 9.98. The van der Waals surface area contributed by atoms with E-state index in [0.717, 1.165) is 19.3 Å². The van der Waals surface area contributed by atoms with Gasteiger partial charge in [0.05, 0.1) is 60.9 Å². The van der Waals surface area contributed by atoms with Crippen molar-refractivity contribution in [3.8, 4) is 5.75 Å². The van der Waals surface area contributed by atoms with E-state index in [0.29, 0.717) is 34.5 Å². The highest BCUT2D eigenvalue weighted by Gasteiger charge is 2.36. The van der Waals surface area contributed by atoms with Crippen LogP contribution >= 0.6 is 0 Å². The van der Waals surface area contributed by atoms with E-state index in [1.165, 1.54) is 25.0 Å². The summed E-state index contributed by atoms with van der Waals surface area (Å²) in [5.74, 6) is 0.284. The molecule has 0 N–H and O–H groups in total. The topological polar surface area (TPSA) is 198 Å². The number of morpholine rings is 3. The normalized spacial score (nSPS) is 18.9. The minimum absolute atomic E-state index is 0.0234. The van der Waals surface area contributed by atoms with Gasteiger partial charge in [-0.15, -0.1) is 0 Å². The zero-order valence-corrected chi connectivity index (χ0v) is 31.6. The Balaban J connectivity index is 1.46. The van der Waals surface area contributed by atoms with Crippen molar-refractivity contribution in [1.82, 2.24) is 12.9 Å². The maximum Gasteiger partial charge on any atom is 0.243 e. The van der Waals surface area contributed by atoms with E-state index in [-0.39, 0.29) is 117 Å². The summed E-state index contributed by atoms with van der Waals surface area (Å²) in [4.78, 5) is 2.39. The molecule has 0 atom stereocenters. The van der Waals surface area contributed by atoms with Crippen LogP contribution < -0.4 is 4.74 Å². The summed E-state index contributed by atoms with van der Waals surface area (Å²) in [6.07, 6.45) is 2.99. The summed E-state index contributed by atoms with van der Waals surface area (Å²) in [5.41, 5.74) is 8.53. The first kappa shape index (κ1) is 37.9. The molecule has 0 unspecified atom stereocenters. The van der Waals surface area contributed by atoms with Gasteiger partial charge in [0.25, 0.3) is 0 Å². The van der Waals surface area contributed by atoms with E-state index in [9.17, 15) is 25.3 Å². The van der Waals surface area contributed by atoms with Gasteiger partial charge in [-0.05, 0) is 30.5 Å². The van der Waals surface area contributed by atoms with Gasteiger partial charge in [-0.2, -0.15) is 12.9 Å². The van der Waals surface area contributed by atoms with Crippen LogP contribution in [0.1, 0.15) is 25.7 Å². The summed E-state index contributed by atoms with van der Waals surface area (Å²) in [5, 5.41) is 5.69. The number of nitrogens with zero attached hydrogens (tertiary/aromatic N) is 6. The van der Waals surface area contributed by atoms with Crippen LogP contribution in [0.15, 0.2) is 56.2 Å². The molecule has 53 heavy (non-hydrogen) atoms. The fourth-order valence-corrected chi connectivity index (χ4v) is 12.2. The van der Waals surface area contributed by atoms with Crippen molar-refractivity contribution in [3.05, 3.63) is 46.8 Å². The van der Waals surface area contributed by atoms with Gasteiger partial charge in [0.2, 0.25) is 30.1 Å². The van der Waals surface area contributed by atoms with Gasteiger partial charge in [-0.25, -0.2) is 25.3 Å². The number of benzene rings is 4. The molecule has 16 nitrogen and oxygen atoms in total. The lowest BCUT2D eigenvalue weighted by Crippen LogP contribution is -2.41. The van der Waals surface area contributed by atoms with Crippen molar-refractivity contribution >= 4 is 62.4 Å². The molecule has 0 spiro atoms. The van der Waals surface area contributed by atoms with Crippen molar-refractivity contribution in [2.45, 2.75) is 40.4 Å². The molecule has 0 saturated carbocycles. The quantitative estimate of drug-likeness (QED) is 0.0594. The molecule has 4 aromatic rings. The molecule has 3 aliphatic heterocycles. The summed E-state index contributed by atoms with van der Waals surface area (Å²) >= 11 is 0. The summed E-state index contributed by atoms with van der Waals surface area (Å²) in [7, 11) is -12.6. The molecule has 286 valence electrons. The predicted octanol–water partition coefficient (Wildman–Crippen LogP) is 3.90. The van der Waals surface area contributed by atoms with Crippen LogP contribution in [0, 0.1) is 0 Å². The van der Waals surface area contributed by atoms with Crippen molar-refractivity contribution in [1.29, 1.82) is 0 Å². The third kappa shape index (κ3) is 7.27. The third-order valence-corrected chi connectivity index (χ3v) is 15.8. The fourth-order valence-electron chi connectivity index (χ4n) is 7.27. The van der Waals surface area contributed by atoms with Gasteiger partial charge in [0.15, 0.2) is 0 Å². The van der Waals surface area contributed by atoms with Gasteiger partial charge >= 0.3 is 0 Å². The Morgan fingerprint density at radius 1 is 0.585 bits per heavy atom. The number of sulfonamides is 3. The number of rotatable bonds is 14. The molecule has 4 aromatic carbocycles. The summed E-state index contributed by atoms with van der Waals surface area (Å²) < 4.78 is 113. The van der Waals surface area contributed by atoms with Crippen molar-refractivity contribution in [2.75, 3.05) is 92.1 Å². The summed E-state index contributed by atoms with van der Waals surface area (Å²) in [6.45, 7) is 2.62. The standard InChI is InChI=1S/C34H42N6O10S3/c35-37-36-9-3-1-2-4-16-50-29-23-30(51(41,42)38-10-17-47-18-11-38)26-7-8-28-32(53(45,46)40-14-21-49-22-15-40)24-31(27-6-5-25(29)33(26)34(27)28)52(43,44)39-12-19-48-20-13-39/h5-8,23-24H,1-4,9-22H2. The van der Waals surface area contributed by atoms with E-state index in [2.05, 4.69) is 10.0 Å². The smallest absolute Gasteiger partial charge is 0.243 e. The van der Waals surface area contributed by atoms with Crippen molar-refractivity contribution in [3.63, 3.8) is 0 Å². The Hall–Kier alpha value is -3.36. The van der Waals surface area contributed by atoms with Gasteiger partial charge in [0.1, 0.15) is 5.75 Å². The first-order valence-electron chi connectivity index (χ1n) is 17.7. The molecule has 3 heterocycles. The molecule has 0 bridgehead atoms. The van der Waals surface area contributed by atoms with E-state index in [1.54, 1.807) is 24.3 Å². The highest BCUT2D eigenvalue weighted by molar-refractivity contribution is 7.90. The van der Waals surface area contributed by atoms with Crippen LogP contribution in [0.5, 0.6) is 5.75 Å². The minimum atomic E-state index is -4.25. The van der Waals surface area contributed by atoms with Crippen LogP contribution in [0.25, 0.3) is 42.8 Å². The van der Waals surface area contributed by atoms with Crippen LogP contribution in [0.4, 0.5) is 0 Å². The molecule has 3 saturated heterocycles. The fraction of sp³-hybridized carbons (Fsp3) is 0.529. The largest absolute Gasteiger partial charge is 0.493 e. The van der Waals surface area contributed by atoms with Gasteiger partial charge in [0, 0.05) is 89.1 Å². The second kappa shape index (κ2) is 15.8. The Labute approximate surface area is 308 Å². The van der Waals surface area contributed by atoms with Crippen LogP contribution in [-0.4, -0.2) is 130 Å². The summed E-state index contributed by atoms with van der Waals surface area (Å²) in [6, 6.07) is 9.34. The number of hydrogen-bond acceptors (Lipinski definition) is 11. The SMILES string of the molecule is [N-]=[N+]=NCCCCCCOc1cc(S(=O)(=O)N2CCOCC2)c2ccc3c(S(=O)(=O)N4CCOCC4)cc(S(=O)(=O)N4CCOCC4)c4ccc1c2c43. The average molecular weight is 791 g/mol. The molecular weight excluding hydrogens is 749 g/mol. The Morgan fingerprint density at radius 3 is 1.43 bits per heavy atom. The lowest BCUT2D eigenvalue weighted by atomic mass is 9.93. The average Bonchev–Trinajstić information content (AvgIpc) is 3.18. The lowest BCUT2D eigenvalue weighted by molar-refractivity contribution is 0.0729. The first-order chi connectivity index (χ1) is 25.6. The highest BCUT2D eigenvalue weighted by atomic mass is 32.2. The van der Waals surface area contributed by atoms with Crippen LogP contribution in [0.2, 0.25) is 0 Å². The number of unbranched alkanes of at least 4 members (excludes halogenated alkanes) is 3. The maximum atomic E-state index is 14.5. The van der Waals surface area contributed by atoms with E-state index >= 15 is 0 Å². The molecule has 19 heteroatoms. The van der Waals surface area contributed by atoms with Crippen molar-refractivity contribution in [2.24, 2.45) is 5.11 Å². The maximum absolute atomic E-state index is 14.5. The van der Waals surface area contributed by atoms with Gasteiger partial charge in [-0.3, -0.25) is 0 Å². The monoisotopic (exact) mass is 790 g/mol. The molecule has 3 aliphatic rings. The Morgan fingerprint density at radius 2 is 0.981 bits per heavy atom. The lowest BCUT2D eigenvalue weighted by Gasteiger charge is -2.30. The van der Waals surface area contributed by atoms with E-state index in [1.807, 2.05) is 0 Å². The minimum Gasteiger partial charge on any atom is -0.493 e. The molecule has 0 aliphatic carbocycles. The zero-order chi connectivity index (χ0) is 37.2. The number of ether oxygens (including phenoxy) is 4. The van der Waals surface area contributed by atoms with Gasteiger partial charge < -0.3 is 18.9 Å². The molecule has 0 radical (unpaired) electrons. The number of azide groups is 1. The van der Waals surface area contributed by atoms with E-state index < -0.39 is 30.1 Å². The van der Waals surface area contributed by atoms with Crippen molar-refractivity contribution < 1.29 is 44.2 Å². The molecule has 0 amide bonds. The van der Waals surface area contributed by atoms with Gasteiger partial charge in [-0.1, -0.05) is 36.2 Å². The Bertz CT molecular complexity index is 2280. The van der Waals surface area contributed by atoms with Crippen LogP contribution in [-0.2, 0) is 44.3 Å². The van der Waals surface area contributed by atoms with E-state index in [4.69, 9.17) is 24.5 Å². The predicted molar refractivity (Wildman–Crippen MR) is 197 cm³/mol. The van der Waals surface area contributed by atoms with Crippen LogP contribution in [0.3, 0.4) is 0 Å². The molecule has 0 aromatic heterocycles. The number of hydrogen-bond donors (Lipinski definition) is 0. The highest BCUT2D eigenvalue weighted by Crippen LogP contribution is 2.46. The molecule has 3 fully saturated rings. The second-order valence-corrected chi connectivity index (χ2v) is 18.8. The molecule has 7 rings (SSSR count). The molecular formula is C34H42N6O10S3. The Kier molecular flexibility index (Phi) is 11.3. The first-order valence-corrected chi connectivity index (χ1v) is 22.0.